The Morgan fingerprint density at radius 1 is 1.12 bits per heavy atom. The Bertz CT molecular complexity index is 797. The van der Waals surface area contributed by atoms with Gasteiger partial charge in [-0.05, 0) is 45.0 Å². The number of rotatable bonds is 8. The maximum absolute atomic E-state index is 12.3. The molecular weight excluding hydrogens is 350 g/mol. The Kier molecular flexibility index (Phi) is 6.80. The third-order valence-electron chi connectivity index (χ3n) is 4.20. The lowest BCUT2D eigenvalue weighted by Gasteiger charge is -2.18. The van der Waals surface area contributed by atoms with Crippen LogP contribution >= 0.6 is 11.3 Å². The Morgan fingerprint density at radius 3 is 2.42 bits per heavy atom. The van der Waals surface area contributed by atoms with Crippen LogP contribution in [0.2, 0.25) is 0 Å². The molecule has 0 radical (unpaired) electrons. The molecule has 2 rings (SSSR count). The summed E-state index contributed by atoms with van der Waals surface area (Å²) >= 11 is 1.60. The van der Waals surface area contributed by atoms with E-state index in [1.807, 2.05) is 39.0 Å². The average Bonchev–Trinajstić information content (AvgIpc) is 2.97. The quantitative estimate of drug-likeness (QED) is 0.702. The molecule has 0 aliphatic heterocycles. The number of carbonyl (C=O) groups is 2. The minimum absolute atomic E-state index is 0.00798. The van der Waals surface area contributed by atoms with Crippen molar-refractivity contribution < 1.29 is 19.1 Å². The number of aryl methyl sites for hydroxylation is 2. The lowest BCUT2D eigenvalue weighted by atomic mass is 10.0. The van der Waals surface area contributed by atoms with Crippen molar-refractivity contribution in [1.29, 1.82) is 0 Å². The summed E-state index contributed by atoms with van der Waals surface area (Å²) in [7, 11) is 3.18. The van der Waals surface area contributed by atoms with E-state index in [4.69, 9.17) is 9.47 Å². The zero-order valence-electron chi connectivity index (χ0n) is 15.8. The van der Waals surface area contributed by atoms with Gasteiger partial charge in [0.05, 0.1) is 20.3 Å². The van der Waals surface area contributed by atoms with Crippen molar-refractivity contribution in [3.8, 4) is 11.5 Å². The van der Waals surface area contributed by atoms with E-state index in [9.17, 15) is 9.59 Å². The Hall–Kier alpha value is -2.34. The first-order valence-corrected chi connectivity index (χ1v) is 9.28. The van der Waals surface area contributed by atoms with Crippen LogP contribution in [-0.2, 0) is 4.79 Å². The summed E-state index contributed by atoms with van der Waals surface area (Å²) in [5.74, 6) is 1.22. The van der Waals surface area contributed by atoms with E-state index >= 15 is 0 Å². The largest absolute Gasteiger partial charge is 0.497 e. The van der Waals surface area contributed by atoms with E-state index in [1.165, 1.54) is 0 Å². The normalized spacial score (nSPS) is 11.7. The van der Waals surface area contributed by atoms with Crippen molar-refractivity contribution >= 4 is 23.0 Å². The highest BCUT2D eigenvalue weighted by molar-refractivity contribution is 7.12. The molecule has 1 N–H and O–H groups in total. The lowest BCUT2D eigenvalue weighted by Crippen LogP contribution is -2.27. The van der Waals surface area contributed by atoms with Crippen molar-refractivity contribution in [2.45, 2.75) is 39.7 Å². The van der Waals surface area contributed by atoms with Crippen LogP contribution in [0.25, 0.3) is 0 Å². The van der Waals surface area contributed by atoms with Crippen molar-refractivity contribution in [2.75, 3.05) is 14.2 Å². The number of Topliss-reactive ketones (excluding diaryl/α,β-unsaturated/α-hetero) is 1. The minimum Gasteiger partial charge on any atom is -0.497 e. The molecule has 2 aromatic rings. The molecule has 6 heteroatoms. The van der Waals surface area contributed by atoms with Gasteiger partial charge in [0.25, 0.3) is 0 Å². The molecule has 1 atom stereocenters. The molecule has 140 valence electrons. The highest BCUT2D eigenvalue weighted by Crippen LogP contribution is 2.29. The second-order valence-corrected chi connectivity index (χ2v) is 7.61. The number of ether oxygens (including phenoxy) is 2. The summed E-state index contributed by atoms with van der Waals surface area (Å²) in [6.45, 7) is 5.79. The third-order valence-corrected chi connectivity index (χ3v) is 5.17. The molecule has 1 aromatic carbocycles. The first-order valence-electron chi connectivity index (χ1n) is 8.47. The SMILES string of the molecule is COc1ccc(OC)c(C(C)NC(=O)CCC(=O)c2cc(C)sc2C)c1. The van der Waals surface area contributed by atoms with Crippen molar-refractivity contribution in [3.05, 3.63) is 45.1 Å². The number of methoxy groups -OCH3 is 2. The number of ketones is 1. The average molecular weight is 375 g/mol. The molecule has 5 nitrogen and oxygen atoms in total. The van der Waals surface area contributed by atoms with Gasteiger partial charge in [-0.3, -0.25) is 9.59 Å². The molecule has 0 spiro atoms. The second kappa shape index (κ2) is 8.85. The van der Waals surface area contributed by atoms with E-state index in [1.54, 1.807) is 31.6 Å². The number of amides is 1. The van der Waals surface area contributed by atoms with Gasteiger partial charge in [0, 0.05) is 33.7 Å². The van der Waals surface area contributed by atoms with Gasteiger partial charge < -0.3 is 14.8 Å². The predicted molar refractivity (Wildman–Crippen MR) is 103 cm³/mol. The Morgan fingerprint density at radius 2 is 1.85 bits per heavy atom. The maximum atomic E-state index is 12.3. The highest BCUT2D eigenvalue weighted by atomic mass is 32.1. The van der Waals surface area contributed by atoms with Gasteiger partial charge >= 0.3 is 0 Å². The van der Waals surface area contributed by atoms with E-state index in [0.29, 0.717) is 11.5 Å². The standard InChI is InChI=1S/C20H25NO4S/c1-12-10-17(14(3)26-12)18(22)7-9-20(23)21-13(2)16-11-15(24-4)6-8-19(16)25-5/h6,8,10-11,13H,7,9H2,1-5H3,(H,21,23). The van der Waals surface area contributed by atoms with Gasteiger partial charge in [0.15, 0.2) is 5.78 Å². The molecule has 0 saturated carbocycles. The lowest BCUT2D eigenvalue weighted by molar-refractivity contribution is -0.121. The number of carbonyl (C=O) groups excluding carboxylic acids is 2. The van der Waals surface area contributed by atoms with Crippen LogP contribution in [0, 0.1) is 13.8 Å². The van der Waals surface area contributed by atoms with Gasteiger partial charge in [0.2, 0.25) is 5.91 Å². The van der Waals surface area contributed by atoms with Crippen molar-refractivity contribution in [3.63, 3.8) is 0 Å². The molecule has 26 heavy (non-hydrogen) atoms. The number of hydrogen-bond acceptors (Lipinski definition) is 5. The summed E-state index contributed by atoms with van der Waals surface area (Å²) in [5.41, 5.74) is 1.55. The fourth-order valence-electron chi connectivity index (χ4n) is 2.84. The first-order chi connectivity index (χ1) is 12.3. The zero-order chi connectivity index (χ0) is 19.3. The number of benzene rings is 1. The van der Waals surface area contributed by atoms with E-state index in [-0.39, 0.29) is 30.6 Å². The summed E-state index contributed by atoms with van der Waals surface area (Å²) in [5, 5.41) is 2.92. The van der Waals surface area contributed by atoms with Crippen LogP contribution in [0.4, 0.5) is 0 Å². The van der Waals surface area contributed by atoms with Crippen LogP contribution in [0.1, 0.15) is 51.5 Å². The molecule has 1 heterocycles. The second-order valence-electron chi connectivity index (χ2n) is 6.15. The molecule has 0 bridgehead atoms. The van der Waals surface area contributed by atoms with Gasteiger partial charge in [-0.25, -0.2) is 0 Å². The molecule has 0 aliphatic rings. The Labute approximate surface area is 158 Å². The summed E-state index contributed by atoms with van der Waals surface area (Å²) in [6.07, 6.45) is 0.356. The minimum atomic E-state index is -0.257. The number of hydrogen-bond donors (Lipinski definition) is 1. The molecular formula is C20H25NO4S. The molecule has 0 fully saturated rings. The maximum Gasteiger partial charge on any atom is 0.220 e. The fraction of sp³-hybridized carbons (Fsp3) is 0.400. The summed E-state index contributed by atoms with van der Waals surface area (Å²) < 4.78 is 10.6. The highest BCUT2D eigenvalue weighted by Gasteiger charge is 2.17. The van der Waals surface area contributed by atoms with Crippen LogP contribution in [-0.4, -0.2) is 25.9 Å². The van der Waals surface area contributed by atoms with Gasteiger partial charge in [-0.15, -0.1) is 11.3 Å². The number of nitrogens with one attached hydrogen (secondary N) is 1. The van der Waals surface area contributed by atoms with Gasteiger partial charge in [-0.1, -0.05) is 0 Å². The van der Waals surface area contributed by atoms with Crippen LogP contribution in [0.3, 0.4) is 0 Å². The van der Waals surface area contributed by atoms with E-state index < -0.39 is 0 Å². The third kappa shape index (κ3) is 4.85. The molecule has 1 amide bonds. The van der Waals surface area contributed by atoms with E-state index in [0.717, 1.165) is 20.9 Å². The molecule has 0 saturated heterocycles. The molecule has 1 aromatic heterocycles. The van der Waals surface area contributed by atoms with Gasteiger partial charge in [-0.2, -0.15) is 0 Å². The monoisotopic (exact) mass is 375 g/mol. The van der Waals surface area contributed by atoms with Crippen LogP contribution < -0.4 is 14.8 Å². The summed E-state index contributed by atoms with van der Waals surface area (Å²) in [6, 6.07) is 7.09. The van der Waals surface area contributed by atoms with E-state index in [2.05, 4.69) is 5.32 Å². The van der Waals surface area contributed by atoms with Gasteiger partial charge in [0.1, 0.15) is 11.5 Å². The zero-order valence-corrected chi connectivity index (χ0v) is 16.7. The predicted octanol–water partition coefficient (Wildman–Crippen LogP) is 4.22. The fourth-order valence-corrected chi connectivity index (χ4v) is 3.78. The Balaban J connectivity index is 1.97. The van der Waals surface area contributed by atoms with Crippen LogP contribution in [0.5, 0.6) is 11.5 Å². The van der Waals surface area contributed by atoms with Crippen LogP contribution in [0.15, 0.2) is 24.3 Å². The molecule has 1 unspecified atom stereocenters. The first kappa shape index (κ1) is 20.0. The smallest absolute Gasteiger partial charge is 0.220 e. The summed E-state index contributed by atoms with van der Waals surface area (Å²) in [4.78, 5) is 26.7. The van der Waals surface area contributed by atoms with Crippen molar-refractivity contribution in [2.24, 2.45) is 0 Å². The van der Waals surface area contributed by atoms with Crippen molar-refractivity contribution in [1.82, 2.24) is 5.32 Å². The number of thiophene rings is 1. The topological polar surface area (TPSA) is 64.6 Å². The molecule has 0 aliphatic carbocycles.